The second kappa shape index (κ2) is 8.39. The highest BCUT2D eigenvalue weighted by atomic mass is 19.1. The first-order chi connectivity index (χ1) is 13.5. The van der Waals surface area contributed by atoms with Crippen LogP contribution in [0.2, 0.25) is 0 Å². The van der Waals surface area contributed by atoms with Gasteiger partial charge < -0.3 is 19.4 Å². The van der Waals surface area contributed by atoms with E-state index in [1.807, 2.05) is 0 Å². The molecular weight excluding hydrogens is 363 g/mol. The van der Waals surface area contributed by atoms with Crippen LogP contribution in [0.15, 0.2) is 65.6 Å². The number of nitrogens with zero attached hydrogens (tertiary/aromatic N) is 1. The van der Waals surface area contributed by atoms with Gasteiger partial charge in [0.15, 0.2) is 0 Å². The molecule has 0 radical (unpaired) electrons. The van der Waals surface area contributed by atoms with Gasteiger partial charge in [-0.25, -0.2) is 4.39 Å². The highest BCUT2D eigenvalue weighted by Crippen LogP contribution is 2.29. The number of hydrogen-bond acceptors (Lipinski definition) is 4. The van der Waals surface area contributed by atoms with Crippen molar-refractivity contribution in [3.05, 3.63) is 88.1 Å². The van der Waals surface area contributed by atoms with Crippen LogP contribution in [0.3, 0.4) is 0 Å². The second-order valence-corrected chi connectivity index (χ2v) is 6.01. The van der Waals surface area contributed by atoms with E-state index in [1.54, 1.807) is 42.6 Å². The quantitative estimate of drug-likeness (QED) is 0.710. The molecule has 0 saturated heterocycles. The van der Waals surface area contributed by atoms with E-state index in [4.69, 9.17) is 9.47 Å². The van der Waals surface area contributed by atoms with Crippen LogP contribution in [0.25, 0.3) is 0 Å². The number of hydrogen-bond donors (Lipinski definition) is 1. The van der Waals surface area contributed by atoms with E-state index in [-0.39, 0.29) is 17.9 Å². The fourth-order valence-electron chi connectivity index (χ4n) is 2.77. The maximum atomic E-state index is 13.4. The molecule has 1 amide bonds. The molecule has 1 heterocycles. The molecule has 0 bridgehead atoms. The van der Waals surface area contributed by atoms with Gasteiger partial charge in [-0.05, 0) is 42.0 Å². The molecule has 0 atom stereocenters. The van der Waals surface area contributed by atoms with Crippen molar-refractivity contribution >= 4 is 11.6 Å². The summed E-state index contributed by atoms with van der Waals surface area (Å²) in [5.74, 6) is 0.00700. The highest BCUT2D eigenvalue weighted by molar-refractivity contribution is 6.04. The minimum atomic E-state index is -0.579. The molecule has 0 spiro atoms. The number of nitrogens with one attached hydrogen (secondary N) is 1. The fourth-order valence-corrected chi connectivity index (χ4v) is 2.77. The highest BCUT2D eigenvalue weighted by Gasteiger charge is 2.15. The Balaban J connectivity index is 1.88. The molecule has 3 rings (SSSR count). The molecule has 28 heavy (non-hydrogen) atoms. The van der Waals surface area contributed by atoms with Crippen molar-refractivity contribution in [2.24, 2.45) is 0 Å². The van der Waals surface area contributed by atoms with E-state index < -0.39 is 11.5 Å². The maximum Gasteiger partial charge on any atom is 0.263 e. The summed E-state index contributed by atoms with van der Waals surface area (Å²) < 4.78 is 25.1. The number of methoxy groups -OCH3 is 2. The van der Waals surface area contributed by atoms with Crippen LogP contribution < -0.4 is 20.3 Å². The molecule has 7 heteroatoms. The molecule has 0 aliphatic carbocycles. The van der Waals surface area contributed by atoms with Crippen LogP contribution in [-0.2, 0) is 6.54 Å². The van der Waals surface area contributed by atoms with Gasteiger partial charge in [-0.2, -0.15) is 0 Å². The zero-order valence-corrected chi connectivity index (χ0v) is 15.4. The summed E-state index contributed by atoms with van der Waals surface area (Å²) in [4.78, 5) is 25.4. The summed E-state index contributed by atoms with van der Waals surface area (Å²) in [5.41, 5.74) is 0.482. The molecule has 0 saturated carbocycles. The Morgan fingerprint density at radius 1 is 1.07 bits per heavy atom. The smallest absolute Gasteiger partial charge is 0.263 e. The summed E-state index contributed by atoms with van der Waals surface area (Å²) in [6, 6.07) is 13.9. The molecule has 3 aromatic rings. The lowest BCUT2D eigenvalue weighted by atomic mass is 10.2. The molecular formula is C21H19FN2O4. The number of ether oxygens (including phenoxy) is 2. The molecule has 1 N–H and O–H groups in total. The van der Waals surface area contributed by atoms with Crippen molar-refractivity contribution in [3.8, 4) is 11.5 Å². The minimum Gasteiger partial charge on any atom is -0.497 e. The van der Waals surface area contributed by atoms with Gasteiger partial charge in [0.1, 0.15) is 22.9 Å². The average Bonchev–Trinajstić information content (AvgIpc) is 2.69. The minimum absolute atomic E-state index is 0.0382. The van der Waals surface area contributed by atoms with Crippen molar-refractivity contribution < 1.29 is 18.7 Å². The number of benzene rings is 2. The fraction of sp³-hybridized carbons (Fsp3) is 0.143. The largest absolute Gasteiger partial charge is 0.497 e. The van der Waals surface area contributed by atoms with Crippen molar-refractivity contribution in [2.45, 2.75) is 6.54 Å². The molecule has 0 fully saturated rings. The second-order valence-electron chi connectivity index (χ2n) is 6.01. The number of anilines is 1. The number of pyridine rings is 1. The summed E-state index contributed by atoms with van der Waals surface area (Å²) in [6.07, 6.45) is 1.55. The van der Waals surface area contributed by atoms with Gasteiger partial charge in [0.05, 0.1) is 26.5 Å². The molecule has 2 aromatic carbocycles. The average molecular weight is 382 g/mol. The SMILES string of the molecule is COc1ccc(OC)c(NC(=O)c2cccn(Cc3cccc(F)c3)c2=O)c1. The number of carbonyl (C=O) groups excluding carboxylic acids is 1. The van der Waals surface area contributed by atoms with Crippen LogP contribution in [0.5, 0.6) is 11.5 Å². The van der Waals surface area contributed by atoms with Crippen molar-refractivity contribution in [1.29, 1.82) is 0 Å². The summed E-state index contributed by atoms with van der Waals surface area (Å²) in [6.45, 7) is 0.153. The predicted molar refractivity (Wildman–Crippen MR) is 104 cm³/mol. The van der Waals surface area contributed by atoms with E-state index in [0.29, 0.717) is 22.7 Å². The topological polar surface area (TPSA) is 69.6 Å². The summed E-state index contributed by atoms with van der Waals surface area (Å²) in [7, 11) is 2.99. The standard InChI is InChI=1S/C21H19FN2O4/c1-27-16-8-9-19(28-2)18(12-16)23-20(25)17-7-4-10-24(21(17)26)13-14-5-3-6-15(22)11-14/h3-12H,13H2,1-2H3,(H,23,25). The first-order valence-electron chi connectivity index (χ1n) is 8.49. The predicted octanol–water partition coefficient (Wildman–Crippen LogP) is 3.31. The van der Waals surface area contributed by atoms with Gasteiger partial charge in [0, 0.05) is 12.3 Å². The number of rotatable bonds is 6. The monoisotopic (exact) mass is 382 g/mol. The molecule has 0 aliphatic rings. The van der Waals surface area contributed by atoms with E-state index in [1.165, 1.54) is 37.0 Å². The van der Waals surface area contributed by atoms with E-state index in [2.05, 4.69) is 5.32 Å². The number of amides is 1. The Bertz CT molecular complexity index is 1060. The number of halogens is 1. The van der Waals surface area contributed by atoms with Gasteiger partial charge in [-0.15, -0.1) is 0 Å². The third-order valence-corrected chi connectivity index (χ3v) is 4.16. The third-order valence-electron chi connectivity index (χ3n) is 4.16. The van der Waals surface area contributed by atoms with Crippen LogP contribution in [0.1, 0.15) is 15.9 Å². The van der Waals surface area contributed by atoms with Gasteiger partial charge in [0.25, 0.3) is 11.5 Å². The Hall–Kier alpha value is -3.61. The Morgan fingerprint density at radius 3 is 2.61 bits per heavy atom. The third kappa shape index (κ3) is 4.20. The van der Waals surface area contributed by atoms with Crippen molar-refractivity contribution in [2.75, 3.05) is 19.5 Å². The van der Waals surface area contributed by atoms with Crippen LogP contribution in [0, 0.1) is 5.82 Å². The zero-order valence-electron chi connectivity index (χ0n) is 15.4. The Labute approximate surface area is 161 Å². The summed E-state index contributed by atoms with van der Waals surface area (Å²) in [5, 5.41) is 2.68. The number of carbonyl (C=O) groups is 1. The first-order valence-corrected chi connectivity index (χ1v) is 8.49. The molecule has 144 valence electrons. The first kappa shape index (κ1) is 19.2. The van der Waals surface area contributed by atoms with E-state index in [9.17, 15) is 14.0 Å². The van der Waals surface area contributed by atoms with Crippen molar-refractivity contribution in [1.82, 2.24) is 4.57 Å². The van der Waals surface area contributed by atoms with Crippen LogP contribution >= 0.6 is 0 Å². The normalized spacial score (nSPS) is 10.4. The molecule has 1 aromatic heterocycles. The lowest BCUT2D eigenvalue weighted by molar-refractivity contribution is 0.102. The van der Waals surface area contributed by atoms with E-state index >= 15 is 0 Å². The Morgan fingerprint density at radius 2 is 1.89 bits per heavy atom. The van der Waals surface area contributed by atoms with Crippen LogP contribution in [-0.4, -0.2) is 24.7 Å². The number of aromatic nitrogens is 1. The molecule has 6 nitrogen and oxygen atoms in total. The van der Waals surface area contributed by atoms with Gasteiger partial charge in [0.2, 0.25) is 0 Å². The molecule has 0 aliphatic heterocycles. The summed E-state index contributed by atoms with van der Waals surface area (Å²) >= 11 is 0. The van der Waals surface area contributed by atoms with Gasteiger partial charge >= 0.3 is 0 Å². The van der Waals surface area contributed by atoms with Gasteiger partial charge in [-0.1, -0.05) is 12.1 Å². The lowest BCUT2D eigenvalue weighted by Crippen LogP contribution is -2.29. The van der Waals surface area contributed by atoms with Gasteiger partial charge in [-0.3, -0.25) is 9.59 Å². The van der Waals surface area contributed by atoms with Crippen LogP contribution in [0.4, 0.5) is 10.1 Å². The van der Waals surface area contributed by atoms with Crippen molar-refractivity contribution in [3.63, 3.8) is 0 Å². The Kier molecular flexibility index (Phi) is 5.74. The lowest BCUT2D eigenvalue weighted by Gasteiger charge is -2.12. The zero-order chi connectivity index (χ0) is 20.1. The molecule has 0 unspecified atom stereocenters. The van der Waals surface area contributed by atoms with E-state index in [0.717, 1.165) is 0 Å². The maximum absolute atomic E-state index is 13.4.